The first-order chi connectivity index (χ1) is 6.06. The predicted molar refractivity (Wildman–Crippen MR) is 45.1 cm³/mol. The molecule has 0 heterocycles. The zero-order chi connectivity index (χ0) is 10.0. The van der Waals surface area contributed by atoms with Gasteiger partial charge in [0.2, 0.25) is 0 Å². The fourth-order valence-electron chi connectivity index (χ4n) is 0.977. The molecule has 1 rings (SSSR count). The van der Waals surface area contributed by atoms with Crippen molar-refractivity contribution >= 4 is 5.71 Å². The molecule has 0 aliphatic rings. The van der Waals surface area contributed by atoms with Gasteiger partial charge < -0.3 is 5.21 Å². The second-order valence-electron chi connectivity index (χ2n) is 2.77. The summed E-state index contributed by atoms with van der Waals surface area (Å²) < 4.78 is 26.1. The summed E-state index contributed by atoms with van der Waals surface area (Å²) in [5, 5.41) is 11.2. The summed E-state index contributed by atoms with van der Waals surface area (Å²) >= 11 is 0. The highest BCUT2D eigenvalue weighted by Gasteiger charge is 2.09. The molecule has 1 aromatic carbocycles. The lowest BCUT2D eigenvalue weighted by atomic mass is 10.1. The molecule has 0 bridgehead atoms. The Hall–Kier alpha value is -1.45. The van der Waals surface area contributed by atoms with Crippen molar-refractivity contribution in [3.63, 3.8) is 0 Å². The summed E-state index contributed by atoms with van der Waals surface area (Å²) in [6.45, 7) is 2.86. The number of hydrogen-bond acceptors (Lipinski definition) is 2. The first kappa shape index (κ1) is 9.64. The summed E-state index contributed by atoms with van der Waals surface area (Å²) in [4.78, 5) is 0. The first-order valence-corrected chi connectivity index (χ1v) is 3.71. The molecule has 1 N–H and O–H groups in total. The third-order valence-corrected chi connectivity index (χ3v) is 1.79. The monoisotopic (exact) mass is 185 g/mol. The van der Waals surface area contributed by atoms with Crippen LogP contribution in [-0.2, 0) is 0 Å². The summed E-state index contributed by atoms with van der Waals surface area (Å²) in [5.74, 6) is -1.10. The van der Waals surface area contributed by atoms with Gasteiger partial charge in [-0.05, 0) is 31.5 Å². The van der Waals surface area contributed by atoms with Crippen molar-refractivity contribution < 1.29 is 14.0 Å². The Balaban J connectivity index is 3.32. The lowest BCUT2D eigenvalue weighted by molar-refractivity contribution is 0.319. The highest BCUT2D eigenvalue weighted by atomic mass is 19.1. The number of rotatable bonds is 1. The molecule has 0 aliphatic carbocycles. The first-order valence-electron chi connectivity index (χ1n) is 3.71. The standard InChI is InChI=1S/C9H9F2NO/c1-5-3-9(11)7(4-8(5)10)6(2)12-13/h3-4,13H,1-2H3/b12-6-. The zero-order valence-corrected chi connectivity index (χ0v) is 7.31. The number of nitrogens with zero attached hydrogens (tertiary/aromatic N) is 1. The van der Waals surface area contributed by atoms with Gasteiger partial charge in [0, 0.05) is 5.56 Å². The minimum absolute atomic E-state index is 0.0226. The molecule has 0 saturated heterocycles. The molecule has 13 heavy (non-hydrogen) atoms. The van der Waals surface area contributed by atoms with E-state index in [9.17, 15) is 8.78 Å². The molecule has 2 nitrogen and oxygen atoms in total. The third-order valence-electron chi connectivity index (χ3n) is 1.79. The van der Waals surface area contributed by atoms with E-state index in [-0.39, 0.29) is 16.8 Å². The van der Waals surface area contributed by atoms with Gasteiger partial charge in [0.05, 0.1) is 5.71 Å². The molecule has 0 amide bonds. The van der Waals surface area contributed by atoms with Crippen molar-refractivity contribution in [2.45, 2.75) is 13.8 Å². The maximum absolute atomic E-state index is 13.1. The van der Waals surface area contributed by atoms with E-state index < -0.39 is 11.6 Å². The Labute approximate surface area is 74.5 Å². The topological polar surface area (TPSA) is 32.6 Å². The van der Waals surface area contributed by atoms with Gasteiger partial charge in [-0.3, -0.25) is 0 Å². The number of hydrogen-bond donors (Lipinski definition) is 1. The highest BCUT2D eigenvalue weighted by Crippen LogP contribution is 2.14. The van der Waals surface area contributed by atoms with Crippen LogP contribution < -0.4 is 0 Å². The Kier molecular flexibility index (Phi) is 2.60. The van der Waals surface area contributed by atoms with E-state index in [2.05, 4.69) is 5.16 Å². The molecule has 0 radical (unpaired) electrons. The van der Waals surface area contributed by atoms with Crippen LogP contribution in [0.15, 0.2) is 17.3 Å². The fourth-order valence-corrected chi connectivity index (χ4v) is 0.977. The van der Waals surface area contributed by atoms with E-state index in [4.69, 9.17) is 5.21 Å². The molecule has 0 unspecified atom stereocenters. The largest absolute Gasteiger partial charge is 0.411 e. The van der Waals surface area contributed by atoms with Gasteiger partial charge in [-0.2, -0.15) is 0 Å². The molecular formula is C9H9F2NO. The van der Waals surface area contributed by atoms with Crippen molar-refractivity contribution in [1.82, 2.24) is 0 Å². The van der Waals surface area contributed by atoms with Crippen LogP contribution >= 0.6 is 0 Å². The van der Waals surface area contributed by atoms with Crippen LogP contribution in [0.5, 0.6) is 0 Å². The smallest absolute Gasteiger partial charge is 0.132 e. The van der Waals surface area contributed by atoms with E-state index in [1.165, 1.54) is 13.8 Å². The summed E-state index contributed by atoms with van der Waals surface area (Å²) in [5.41, 5.74) is 0.258. The van der Waals surface area contributed by atoms with Crippen LogP contribution in [-0.4, -0.2) is 10.9 Å². The van der Waals surface area contributed by atoms with Gasteiger partial charge in [0.15, 0.2) is 0 Å². The molecule has 1 aromatic rings. The van der Waals surface area contributed by atoms with Crippen molar-refractivity contribution in [2.75, 3.05) is 0 Å². The number of benzene rings is 1. The van der Waals surface area contributed by atoms with Gasteiger partial charge in [-0.1, -0.05) is 5.16 Å². The Morgan fingerprint density at radius 1 is 1.31 bits per heavy atom. The maximum atomic E-state index is 13.1. The Bertz CT molecular complexity index is 361. The molecule has 0 saturated carbocycles. The number of halogens is 2. The minimum Gasteiger partial charge on any atom is -0.411 e. The fraction of sp³-hybridized carbons (Fsp3) is 0.222. The Morgan fingerprint density at radius 3 is 2.46 bits per heavy atom. The third kappa shape index (κ3) is 1.83. The minimum atomic E-state index is -0.589. The van der Waals surface area contributed by atoms with Gasteiger partial charge in [0.1, 0.15) is 11.6 Å². The second-order valence-corrected chi connectivity index (χ2v) is 2.77. The van der Waals surface area contributed by atoms with Crippen molar-refractivity contribution in [3.05, 3.63) is 34.9 Å². The lowest BCUT2D eigenvalue weighted by Gasteiger charge is -2.03. The van der Waals surface area contributed by atoms with Crippen molar-refractivity contribution in [3.8, 4) is 0 Å². The molecular weight excluding hydrogens is 176 g/mol. The van der Waals surface area contributed by atoms with Crippen LogP contribution in [0.2, 0.25) is 0 Å². The van der Waals surface area contributed by atoms with Crippen LogP contribution in [0.4, 0.5) is 8.78 Å². The van der Waals surface area contributed by atoms with Gasteiger partial charge in [-0.15, -0.1) is 0 Å². The number of aryl methyl sites for hydroxylation is 1. The van der Waals surface area contributed by atoms with Crippen LogP contribution in [0, 0.1) is 18.6 Å². The molecule has 4 heteroatoms. The average Bonchev–Trinajstić information content (AvgIpc) is 2.10. The quantitative estimate of drug-likeness (QED) is 0.407. The SMILES string of the molecule is C/C(=N/O)c1cc(F)c(C)cc1F. The summed E-state index contributed by atoms with van der Waals surface area (Å²) in [6.07, 6.45) is 0. The summed E-state index contributed by atoms with van der Waals surface area (Å²) in [7, 11) is 0. The van der Waals surface area contributed by atoms with E-state index in [1.807, 2.05) is 0 Å². The van der Waals surface area contributed by atoms with Crippen molar-refractivity contribution in [1.29, 1.82) is 0 Å². The highest BCUT2D eigenvalue weighted by molar-refractivity contribution is 5.98. The van der Waals surface area contributed by atoms with Gasteiger partial charge in [0.25, 0.3) is 0 Å². The van der Waals surface area contributed by atoms with E-state index in [0.717, 1.165) is 12.1 Å². The predicted octanol–water partition coefficient (Wildman–Crippen LogP) is 2.47. The van der Waals surface area contributed by atoms with Crippen LogP contribution in [0.25, 0.3) is 0 Å². The van der Waals surface area contributed by atoms with Crippen LogP contribution in [0.3, 0.4) is 0 Å². The van der Waals surface area contributed by atoms with Gasteiger partial charge >= 0.3 is 0 Å². The van der Waals surface area contributed by atoms with E-state index >= 15 is 0 Å². The number of oxime groups is 1. The molecule has 70 valence electrons. The molecule has 0 aliphatic heterocycles. The zero-order valence-electron chi connectivity index (χ0n) is 7.31. The molecule has 0 fully saturated rings. The van der Waals surface area contributed by atoms with E-state index in [0.29, 0.717) is 0 Å². The second kappa shape index (κ2) is 3.51. The molecule has 0 atom stereocenters. The summed E-state index contributed by atoms with van der Waals surface area (Å²) in [6, 6.07) is 2.08. The average molecular weight is 185 g/mol. The molecule has 0 spiro atoms. The van der Waals surface area contributed by atoms with Crippen molar-refractivity contribution in [2.24, 2.45) is 5.16 Å². The van der Waals surface area contributed by atoms with Crippen LogP contribution in [0.1, 0.15) is 18.1 Å². The Morgan fingerprint density at radius 2 is 1.92 bits per heavy atom. The molecule has 0 aromatic heterocycles. The normalized spacial score (nSPS) is 11.8. The maximum Gasteiger partial charge on any atom is 0.132 e. The lowest BCUT2D eigenvalue weighted by Crippen LogP contribution is -2.01. The van der Waals surface area contributed by atoms with Gasteiger partial charge in [-0.25, -0.2) is 8.78 Å². The van der Waals surface area contributed by atoms with E-state index in [1.54, 1.807) is 0 Å².